The molecule has 4 aromatic heterocycles. The van der Waals surface area contributed by atoms with Crippen LogP contribution in [0.5, 0.6) is 5.75 Å². The molecule has 0 spiro atoms. The first kappa shape index (κ1) is 27.9. The van der Waals surface area contributed by atoms with Gasteiger partial charge in [0.25, 0.3) is 0 Å². The minimum absolute atomic E-state index is 0.00566. The lowest BCUT2D eigenvalue weighted by atomic mass is 10.1. The van der Waals surface area contributed by atoms with E-state index in [1.807, 2.05) is 54.5 Å². The normalized spacial score (nSPS) is 21.3. The smallest absolute Gasteiger partial charge is 0.410 e. The minimum atomic E-state index is -0.544. The van der Waals surface area contributed by atoms with Gasteiger partial charge in [0.15, 0.2) is 17.7 Å². The standard InChI is InChI=1S/C31H40N8O4/c1-31(2,3)43-30(40)37-12-7-8-21(18-37)34-29-28-20(16-33-39(28)26-9-5-6-13-42-26)14-22(35-29)23-17-32-25-15-24(41-4)27(19-10-11-19)36-38(23)25/h14-17,19,21,26H,5-13,18H2,1-4H3,(H,34,35)/t21-,26?/m1/s1. The highest BCUT2D eigenvalue weighted by molar-refractivity contribution is 5.92. The molecule has 1 saturated carbocycles. The molecular formula is C31H40N8O4. The first-order valence-corrected chi connectivity index (χ1v) is 15.4. The zero-order valence-electron chi connectivity index (χ0n) is 25.4. The van der Waals surface area contributed by atoms with Crippen molar-refractivity contribution in [3.8, 4) is 17.1 Å². The maximum atomic E-state index is 12.9. The van der Waals surface area contributed by atoms with Gasteiger partial charge in [-0.05, 0) is 71.8 Å². The quantitative estimate of drug-likeness (QED) is 0.310. The van der Waals surface area contributed by atoms with Gasteiger partial charge >= 0.3 is 6.09 Å². The van der Waals surface area contributed by atoms with Gasteiger partial charge in [-0.2, -0.15) is 10.2 Å². The molecule has 2 aliphatic heterocycles. The molecule has 6 heterocycles. The van der Waals surface area contributed by atoms with Gasteiger partial charge in [0.1, 0.15) is 28.3 Å². The lowest BCUT2D eigenvalue weighted by Gasteiger charge is -2.34. The fourth-order valence-corrected chi connectivity index (χ4v) is 6.12. The summed E-state index contributed by atoms with van der Waals surface area (Å²) >= 11 is 0. The Morgan fingerprint density at radius 1 is 1.09 bits per heavy atom. The van der Waals surface area contributed by atoms with E-state index in [-0.39, 0.29) is 18.4 Å². The Balaban J connectivity index is 1.28. The maximum absolute atomic E-state index is 12.9. The van der Waals surface area contributed by atoms with Crippen LogP contribution in [0.15, 0.2) is 24.5 Å². The molecule has 2 atom stereocenters. The highest BCUT2D eigenvalue weighted by atomic mass is 16.6. The number of carbonyl (C=O) groups is 1. The van der Waals surface area contributed by atoms with Crippen LogP contribution < -0.4 is 10.1 Å². The molecule has 4 aromatic rings. The predicted octanol–water partition coefficient (Wildman–Crippen LogP) is 5.54. The number of piperidine rings is 1. The zero-order valence-corrected chi connectivity index (χ0v) is 25.4. The van der Waals surface area contributed by atoms with E-state index in [1.54, 1.807) is 12.0 Å². The third-order valence-corrected chi connectivity index (χ3v) is 8.35. The first-order valence-electron chi connectivity index (χ1n) is 15.4. The SMILES string of the molecule is COc1cc2ncc(-c3cc4cnn(C5CCCCO5)c4c(N[C@@H]4CCCN(C(=O)OC(C)(C)C)C4)n3)n2nc1C1CC1. The molecule has 2 saturated heterocycles. The van der Waals surface area contributed by atoms with Gasteiger partial charge in [-0.15, -0.1) is 0 Å². The van der Waals surface area contributed by atoms with Crippen molar-refractivity contribution in [2.45, 2.75) is 89.5 Å². The number of hydrogen-bond donors (Lipinski definition) is 1. The van der Waals surface area contributed by atoms with Crippen LogP contribution in [0, 0.1) is 0 Å². The van der Waals surface area contributed by atoms with Crippen molar-refractivity contribution in [2.75, 3.05) is 32.1 Å². The van der Waals surface area contributed by atoms with Crippen LogP contribution in [-0.4, -0.2) is 78.8 Å². The summed E-state index contributed by atoms with van der Waals surface area (Å²) in [6.45, 7) is 7.59. The van der Waals surface area contributed by atoms with Crippen molar-refractivity contribution in [2.24, 2.45) is 0 Å². The second-order valence-corrected chi connectivity index (χ2v) is 12.9. The zero-order chi connectivity index (χ0) is 29.7. The van der Waals surface area contributed by atoms with Crippen molar-refractivity contribution in [1.29, 1.82) is 0 Å². The molecule has 228 valence electrons. The van der Waals surface area contributed by atoms with Crippen molar-refractivity contribution < 1.29 is 19.0 Å². The Morgan fingerprint density at radius 3 is 2.70 bits per heavy atom. The molecule has 0 aromatic carbocycles. The van der Waals surface area contributed by atoms with Crippen molar-refractivity contribution in [3.05, 3.63) is 30.2 Å². The molecule has 0 radical (unpaired) electrons. The Kier molecular flexibility index (Phi) is 7.11. The number of anilines is 1. The Morgan fingerprint density at radius 2 is 1.95 bits per heavy atom. The highest BCUT2D eigenvalue weighted by Gasteiger charge is 2.31. The predicted molar refractivity (Wildman–Crippen MR) is 161 cm³/mol. The van der Waals surface area contributed by atoms with E-state index in [1.165, 1.54) is 0 Å². The minimum Gasteiger partial charge on any atom is -0.495 e. The molecule has 0 bridgehead atoms. The highest BCUT2D eigenvalue weighted by Crippen LogP contribution is 2.43. The van der Waals surface area contributed by atoms with E-state index in [0.29, 0.717) is 37.1 Å². The summed E-state index contributed by atoms with van der Waals surface area (Å²) in [5.74, 6) is 1.90. The summed E-state index contributed by atoms with van der Waals surface area (Å²) in [5.41, 5.74) is 3.56. The number of carbonyl (C=O) groups excluding carboxylic acids is 1. The number of methoxy groups -OCH3 is 1. The largest absolute Gasteiger partial charge is 0.495 e. The maximum Gasteiger partial charge on any atom is 0.410 e. The average molecular weight is 589 g/mol. The van der Waals surface area contributed by atoms with E-state index in [0.717, 1.165) is 78.7 Å². The van der Waals surface area contributed by atoms with Crippen LogP contribution in [-0.2, 0) is 9.47 Å². The molecule has 3 fully saturated rings. The van der Waals surface area contributed by atoms with Crippen LogP contribution in [0.4, 0.5) is 10.6 Å². The van der Waals surface area contributed by atoms with Gasteiger partial charge < -0.3 is 24.4 Å². The number of fused-ring (bicyclic) bond motifs is 2. The number of nitrogens with one attached hydrogen (secondary N) is 1. The number of ether oxygens (including phenoxy) is 3. The monoisotopic (exact) mass is 588 g/mol. The number of likely N-dealkylation sites (tertiary alicyclic amines) is 1. The number of hydrogen-bond acceptors (Lipinski definition) is 9. The Labute approximate surface area is 250 Å². The number of amides is 1. The fourth-order valence-electron chi connectivity index (χ4n) is 6.12. The lowest BCUT2D eigenvalue weighted by molar-refractivity contribution is -0.0366. The van der Waals surface area contributed by atoms with E-state index in [9.17, 15) is 4.79 Å². The molecule has 1 aliphatic carbocycles. The molecule has 12 heteroatoms. The molecular weight excluding hydrogens is 548 g/mol. The van der Waals surface area contributed by atoms with E-state index < -0.39 is 5.60 Å². The second kappa shape index (κ2) is 11.0. The van der Waals surface area contributed by atoms with Crippen LogP contribution in [0.2, 0.25) is 0 Å². The van der Waals surface area contributed by atoms with Gasteiger partial charge in [0.2, 0.25) is 0 Å². The van der Waals surface area contributed by atoms with Gasteiger partial charge in [-0.3, -0.25) is 0 Å². The molecule has 43 heavy (non-hydrogen) atoms. The lowest BCUT2D eigenvalue weighted by Crippen LogP contribution is -2.47. The van der Waals surface area contributed by atoms with E-state index >= 15 is 0 Å². The molecule has 1 N–H and O–H groups in total. The fraction of sp³-hybridized carbons (Fsp3) is 0.581. The molecule has 3 aliphatic rings. The average Bonchev–Trinajstić information content (AvgIpc) is 3.61. The topological polar surface area (TPSA) is 121 Å². The van der Waals surface area contributed by atoms with E-state index in [2.05, 4.69) is 10.3 Å². The molecule has 1 amide bonds. The van der Waals surface area contributed by atoms with Crippen molar-refractivity contribution in [1.82, 2.24) is 34.3 Å². The Hall–Kier alpha value is -3.93. The van der Waals surface area contributed by atoms with Crippen molar-refractivity contribution >= 4 is 28.5 Å². The summed E-state index contributed by atoms with van der Waals surface area (Å²) in [5, 5.41) is 14.4. The van der Waals surface area contributed by atoms with E-state index in [4.69, 9.17) is 29.4 Å². The van der Waals surface area contributed by atoms with Crippen LogP contribution in [0.25, 0.3) is 27.9 Å². The molecule has 7 rings (SSSR count). The van der Waals surface area contributed by atoms with Crippen LogP contribution in [0.1, 0.15) is 83.6 Å². The van der Waals surface area contributed by atoms with Gasteiger partial charge in [-0.1, -0.05) is 0 Å². The third-order valence-electron chi connectivity index (χ3n) is 8.35. The number of aromatic nitrogens is 6. The second-order valence-electron chi connectivity index (χ2n) is 12.9. The first-order chi connectivity index (χ1) is 20.8. The van der Waals surface area contributed by atoms with Gasteiger partial charge in [-0.25, -0.2) is 24.0 Å². The van der Waals surface area contributed by atoms with Crippen LogP contribution in [0.3, 0.4) is 0 Å². The van der Waals surface area contributed by atoms with Gasteiger partial charge in [0.05, 0.1) is 25.2 Å². The summed E-state index contributed by atoms with van der Waals surface area (Å²) in [4.78, 5) is 24.5. The summed E-state index contributed by atoms with van der Waals surface area (Å²) in [6, 6.07) is 3.99. The molecule has 12 nitrogen and oxygen atoms in total. The summed E-state index contributed by atoms with van der Waals surface area (Å²) in [7, 11) is 1.68. The number of nitrogens with zero attached hydrogens (tertiary/aromatic N) is 7. The van der Waals surface area contributed by atoms with Crippen LogP contribution >= 0.6 is 0 Å². The molecule has 1 unspecified atom stereocenters. The van der Waals surface area contributed by atoms with Crippen molar-refractivity contribution in [3.63, 3.8) is 0 Å². The number of imidazole rings is 1. The third kappa shape index (κ3) is 5.60. The van der Waals surface area contributed by atoms with Gasteiger partial charge in [0, 0.05) is 43.1 Å². The summed E-state index contributed by atoms with van der Waals surface area (Å²) < 4.78 is 21.3. The number of rotatable bonds is 6. The Bertz CT molecular complexity index is 1650. The number of pyridine rings is 1. The summed E-state index contributed by atoms with van der Waals surface area (Å²) in [6.07, 6.45) is 10.3.